The third-order valence-corrected chi connectivity index (χ3v) is 11.7. The first-order valence-corrected chi connectivity index (χ1v) is 17.2. The highest BCUT2D eigenvalue weighted by Gasteiger charge is 2.46. The van der Waals surface area contributed by atoms with E-state index in [2.05, 4.69) is 165 Å². The minimum Gasteiger partial charge on any atom is -0.349 e. The van der Waals surface area contributed by atoms with E-state index in [1.165, 1.54) is 82.8 Å². The SMILES string of the molecule is CCC1(C)C2=C(C(c3cccc4c3-c3ccccc3C4(C)C)=NC(n3c4ccccc4c4cc5ccccc5cc43)N2)c2ccccc21. The van der Waals surface area contributed by atoms with Gasteiger partial charge in [0.1, 0.15) is 0 Å². The van der Waals surface area contributed by atoms with Crippen LogP contribution in [0.15, 0.2) is 138 Å². The quantitative estimate of drug-likeness (QED) is 0.209. The normalized spacial score (nSPS) is 20.4. The van der Waals surface area contributed by atoms with Gasteiger partial charge in [0.25, 0.3) is 0 Å². The summed E-state index contributed by atoms with van der Waals surface area (Å²) in [4.78, 5) is 5.83. The summed E-state index contributed by atoms with van der Waals surface area (Å²) in [6.45, 7) is 9.45. The summed E-state index contributed by atoms with van der Waals surface area (Å²) in [5.74, 6) is 0. The van der Waals surface area contributed by atoms with Crippen LogP contribution in [0.1, 0.15) is 68.2 Å². The molecule has 0 radical (unpaired) electrons. The Kier molecular flexibility index (Phi) is 5.52. The average molecular weight is 620 g/mol. The minimum absolute atomic E-state index is 0.0918. The van der Waals surface area contributed by atoms with Gasteiger partial charge in [-0.1, -0.05) is 130 Å². The predicted molar refractivity (Wildman–Crippen MR) is 201 cm³/mol. The van der Waals surface area contributed by atoms with Crippen LogP contribution in [0.25, 0.3) is 49.3 Å². The van der Waals surface area contributed by atoms with Crippen molar-refractivity contribution >= 4 is 43.9 Å². The lowest BCUT2D eigenvalue weighted by molar-refractivity contribution is 0.417. The molecule has 0 fully saturated rings. The molecule has 48 heavy (non-hydrogen) atoms. The molecule has 6 aromatic carbocycles. The van der Waals surface area contributed by atoms with E-state index in [-0.39, 0.29) is 17.1 Å². The van der Waals surface area contributed by atoms with Crippen molar-refractivity contribution in [3.8, 4) is 11.1 Å². The molecule has 2 heterocycles. The van der Waals surface area contributed by atoms with E-state index in [0.717, 1.165) is 12.1 Å². The van der Waals surface area contributed by atoms with Gasteiger partial charge >= 0.3 is 0 Å². The van der Waals surface area contributed by atoms with Crippen LogP contribution in [-0.4, -0.2) is 10.3 Å². The molecule has 1 aliphatic heterocycles. The van der Waals surface area contributed by atoms with Gasteiger partial charge in [0.05, 0.1) is 16.7 Å². The van der Waals surface area contributed by atoms with Crippen molar-refractivity contribution in [3.05, 3.63) is 161 Å². The van der Waals surface area contributed by atoms with E-state index in [1.807, 2.05) is 0 Å². The molecular formula is C45H37N3. The number of fused-ring (bicyclic) bond motifs is 9. The summed E-state index contributed by atoms with van der Waals surface area (Å²) < 4.78 is 2.45. The number of nitrogens with zero attached hydrogens (tertiary/aromatic N) is 2. The lowest BCUT2D eigenvalue weighted by Crippen LogP contribution is -2.38. The second kappa shape index (κ2) is 9.58. The molecule has 0 spiro atoms. The van der Waals surface area contributed by atoms with Crippen molar-refractivity contribution in [3.63, 3.8) is 0 Å². The van der Waals surface area contributed by atoms with Crippen LogP contribution in [0.5, 0.6) is 0 Å². The fourth-order valence-electron chi connectivity index (χ4n) is 9.15. The van der Waals surface area contributed by atoms with Gasteiger partial charge in [-0.15, -0.1) is 0 Å². The summed E-state index contributed by atoms with van der Waals surface area (Å²) in [5, 5.41) is 9.09. The number of hydrogen-bond donors (Lipinski definition) is 1. The molecule has 10 rings (SSSR count). The van der Waals surface area contributed by atoms with E-state index in [9.17, 15) is 0 Å². The maximum atomic E-state index is 5.83. The maximum Gasteiger partial charge on any atom is 0.201 e. The molecule has 1 aromatic heterocycles. The van der Waals surface area contributed by atoms with Gasteiger partial charge in [-0.2, -0.15) is 0 Å². The van der Waals surface area contributed by atoms with E-state index in [0.29, 0.717) is 0 Å². The topological polar surface area (TPSA) is 29.3 Å². The zero-order valence-electron chi connectivity index (χ0n) is 27.8. The second-order valence-corrected chi connectivity index (χ2v) is 14.5. The molecule has 2 aliphatic carbocycles. The number of hydrogen-bond acceptors (Lipinski definition) is 2. The van der Waals surface area contributed by atoms with Crippen molar-refractivity contribution in [2.24, 2.45) is 4.99 Å². The first kappa shape index (κ1) is 27.7. The summed E-state index contributed by atoms with van der Waals surface area (Å²) in [5.41, 5.74) is 15.0. The van der Waals surface area contributed by atoms with Crippen molar-refractivity contribution in [2.45, 2.75) is 51.2 Å². The monoisotopic (exact) mass is 619 g/mol. The van der Waals surface area contributed by atoms with Crippen molar-refractivity contribution in [1.82, 2.24) is 9.88 Å². The number of rotatable bonds is 3. The molecule has 2 atom stereocenters. The maximum absolute atomic E-state index is 5.83. The number of nitrogens with one attached hydrogen (secondary N) is 1. The largest absolute Gasteiger partial charge is 0.349 e. The summed E-state index contributed by atoms with van der Waals surface area (Å²) in [6, 6.07) is 47.1. The number of aliphatic imine (C=N–C) groups is 1. The fourth-order valence-corrected chi connectivity index (χ4v) is 9.15. The minimum atomic E-state index is -0.331. The van der Waals surface area contributed by atoms with Gasteiger partial charge in [-0.25, -0.2) is 4.99 Å². The molecule has 2 unspecified atom stereocenters. The van der Waals surface area contributed by atoms with Crippen molar-refractivity contribution in [2.75, 3.05) is 0 Å². The predicted octanol–water partition coefficient (Wildman–Crippen LogP) is 10.9. The standard InChI is InChI=1S/C45H37N3/c1-5-45(4)35-22-12-9-19-31(35)40-41(32-20-14-23-36-39(32)30-18-8-11-21-34(30)44(36,2)3)46-43(47-42(40)45)48-37-24-13-10-17-29(37)33-25-27-15-6-7-16-28(27)26-38(33)48/h6-26,43,47H,5H2,1-4H3. The third kappa shape index (κ3) is 3.46. The van der Waals surface area contributed by atoms with Gasteiger partial charge in [0.2, 0.25) is 6.29 Å². The molecule has 3 aliphatic rings. The summed E-state index contributed by atoms with van der Waals surface area (Å²) in [7, 11) is 0. The number of aromatic nitrogens is 1. The first-order chi connectivity index (χ1) is 23.4. The van der Waals surface area contributed by atoms with Crippen LogP contribution in [-0.2, 0) is 10.8 Å². The smallest absolute Gasteiger partial charge is 0.201 e. The lowest BCUT2D eigenvalue weighted by Gasteiger charge is -2.35. The molecular weight excluding hydrogens is 583 g/mol. The van der Waals surface area contributed by atoms with E-state index < -0.39 is 0 Å². The first-order valence-electron chi connectivity index (χ1n) is 17.2. The summed E-state index contributed by atoms with van der Waals surface area (Å²) >= 11 is 0. The van der Waals surface area contributed by atoms with Crippen molar-refractivity contribution in [1.29, 1.82) is 0 Å². The van der Waals surface area contributed by atoms with Gasteiger partial charge < -0.3 is 9.88 Å². The highest BCUT2D eigenvalue weighted by atomic mass is 15.3. The van der Waals surface area contributed by atoms with E-state index >= 15 is 0 Å². The Balaban J connectivity index is 1.30. The Bertz CT molecular complexity index is 2580. The van der Waals surface area contributed by atoms with Gasteiger partial charge in [-0.3, -0.25) is 0 Å². The Labute approximate surface area is 281 Å². The highest BCUT2D eigenvalue weighted by Crippen LogP contribution is 2.54. The molecule has 1 N–H and O–H groups in total. The van der Waals surface area contributed by atoms with Crippen LogP contribution in [0, 0.1) is 0 Å². The Morgan fingerprint density at radius 1 is 0.625 bits per heavy atom. The Morgan fingerprint density at radius 3 is 2.08 bits per heavy atom. The van der Waals surface area contributed by atoms with Gasteiger partial charge in [0.15, 0.2) is 0 Å². The fraction of sp³-hybridized carbons (Fsp3) is 0.178. The Morgan fingerprint density at radius 2 is 1.27 bits per heavy atom. The Hall–Kier alpha value is -5.41. The molecule has 0 amide bonds. The highest BCUT2D eigenvalue weighted by molar-refractivity contribution is 6.36. The van der Waals surface area contributed by atoms with Crippen LogP contribution in [0.3, 0.4) is 0 Å². The number of para-hydroxylation sites is 1. The van der Waals surface area contributed by atoms with E-state index in [4.69, 9.17) is 4.99 Å². The van der Waals surface area contributed by atoms with Gasteiger partial charge in [-0.05, 0) is 75.7 Å². The molecule has 3 heteroatoms. The molecule has 0 saturated carbocycles. The molecule has 0 saturated heterocycles. The number of allylic oxidation sites excluding steroid dienone is 2. The molecule has 7 aromatic rings. The zero-order valence-corrected chi connectivity index (χ0v) is 27.8. The molecule has 3 nitrogen and oxygen atoms in total. The van der Waals surface area contributed by atoms with Crippen LogP contribution in [0.4, 0.5) is 0 Å². The second-order valence-electron chi connectivity index (χ2n) is 14.5. The van der Waals surface area contributed by atoms with Gasteiger partial charge in [0, 0.05) is 38.4 Å². The van der Waals surface area contributed by atoms with Crippen LogP contribution >= 0.6 is 0 Å². The van der Waals surface area contributed by atoms with Crippen molar-refractivity contribution < 1.29 is 0 Å². The number of benzene rings is 6. The average Bonchev–Trinajstić information content (AvgIpc) is 3.68. The molecule has 232 valence electrons. The van der Waals surface area contributed by atoms with Crippen LogP contribution in [0.2, 0.25) is 0 Å². The zero-order chi connectivity index (χ0) is 32.4. The molecule has 0 bridgehead atoms. The summed E-state index contributed by atoms with van der Waals surface area (Å²) in [6.07, 6.45) is 0.652. The van der Waals surface area contributed by atoms with Crippen LogP contribution < -0.4 is 5.32 Å². The third-order valence-electron chi connectivity index (χ3n) is 11.7. The van der Waals surface area contributed by atoms with E-state index in [1.54, 1.807) is 0 Å². The lowest BCUT2D eigenvalue weighted by atomic mass is 9.79.